The van der Waals surface area contributed by atoms with Crippen LogP contribution in [0, 0.1) is 11.3 Å². The second-order valence-corrected chi connectivity index (χ2v) is 27.9. The first kappa shape index (κ1) is 48.6. The molecule has 3 fully saturated rings. The molecule has 2 aromatic carbocycles. The number of aryl methyl sites for hydroxylation is 1. The Morgan fingerprint density at radius 1 is 1.04 bits per heavy atom. The van der Waals surface area contributed by atoms with Gasteiger partial charge in [0.05, 0.1) is 17.5 Å². The number of rotatable bonds is 9. The molecular formula is C52H65InN6O8. The van der Waals surface area contributed by atoms with E-state index in [1.165, 1.54) is 11.1 Å². The van der Waals surface area contributed by atoms with E-state index in [4.69, 9.17) is 19.2 Å². The number of aromatic nitrogens is 2. The zero-order chi connectivity index (χ0) is 47.8. The number of fused-ring (bicyclic) bond motifs is 6. The van der Waals surface area contributed by atoms with Crippen molar-refractivity contribution in [1.82, 2.24) is 30.2 Å². The van der Waals surface area contributed by atoms with Crippen LogP contribution in [0.4, 0.5) is 0 Å². The number of hydrogen-bond donors (Lipinski definition) is 2. The van der Waals surface area contributed by atoms with E-state index in [2.05, 4.69) is 79.1 Å². The summed E-state index contributed by atoms with van der Waals surface area (Å²) in [4.78, 5) is 76.8. The van der Waals surface area contributed by atoms with E-state index in [1.807, 2.05) is 39.0 Å². The Morgan fingerprint density at radius 3 is 2.52 bits per heavy atom. The number of esters is 1. The van der Waals surface area contributed by atoms with Gasteiger partial charge in [0, 0.05) is 25.4 Å². The van der Waals surface area contributed by atoms with Crippen molar-refractivity contribution in [3.63, 3.8) is 0 Å². The number of hydrazine groups is 1. The molecule has 0 radical (unpaired) electrons. The molecule has 6 heterocycles. The maximum absolute atomic E-state index is 14.8. The van der Waals surface area contributed by atoms with E-state index >= 15 is 0 Å². The van der Waals surface area contributed by atoms with Gasteiger partial charge in [-0.3, -0.25) is 4.98 Å². The minimum absolute atomic E-state index is 0.0757. The molecule has 0 saturated carbocycles. The average Bonchev–Trinajstić information content (AvgIpc) is 3.80. The van der Waals surface area contributed by atoms with Crippen molar-refractivity contribution in [1.29, 1.82) is 0 Å². The van der Waals surface area contributed by atoms with Crippen LogP contribution in [0.1, 0.15) is 90.2 Å². The summed E-state index contributed by atoms with van der Waals surface area (Å²) in [5.74, 6) is -1.46. The molecule has 4 aliphatic rings. The van der Waals surface area contributed by atoms with Crippen LogP contribution in [-0.2, 0) is 57.6 Å². The van der Waals surface area contributed by atoms with Gasteiger partial charge in [-0.1, -0.05) is 13.8 Å². The molecule has 3 amide bonds. The fourth-order valence-corrected chi connectivity index (χ4v) is 21.2. The fraction of sp³-hybridized carbons (Fsp3) is 0.500. The van der Waals surface area contributed by atoms with Crippen molar-refractivity contribution < 1.29 is 38.2 Å². The van der Waals surface area contributed by atoms with Gasteiger partial charge in [-0.05, 0) is 32.4 Å². The molecule has 3 saturated heterocycles. The quantitative estimate of drug-likeness (QED) is 0.140. The van der Waals surface area contributed by atoms with Crippen LogP contribution in [-0.4, -0.2) is 124 Å². The number of amides is 3. The first-order chi connectivity index (χ1) is 32.1. The number of hydrogen-bond acceptors (Lipinski definition) is 10. The molecule has 4 aromatic rings. The minimum atomic E-state index is -3.50. The van der Waals surface area contributed by atoms with Crippen LogP contribution in [0.15, 0.2) is 73.4 Å². The Morgan fingerprint density at radius 2 is 1.81 bits per heavy atom. The molecular weight excluding hydrogens is 951 g/mol. The molecule has 4 aliphatic heterocycles. The van der Waals surface area contributed by atoms with Gasteiger partial charge in [-0.2, -0.15) is 0 Å². The Bertz CT molecular complexity index is 2560. The van der Waals surface area contributed by atoms with E-state index in [9.17, 15) is 24.0 Å². The summed E-state index contributed by atoms with van der Waals surface area (Å²) in [5.41, 5.74) is 9.60. The van der Waals surface area contributed by atoms with Crippen molar-refractivity contribution in [3.05, 3.63) is 90.3 Å². The van der Waals surface area contributed by atoms with Gasteiger partial charge < -0.3 is 9.30 Å². The SMILES string of the molecule is C=CC(=O)N1CCC2(CC1)O[CH2][In]([C@H](C(=O)N[C@H]1Cc3cccc(c3)-c3ccc4c(c3)c(c(-c3cccnc3[C@H](C)OC)n4CC)CC(C)(C)COC(=O)[C@@H]3CCCN(N3)C1=O)C(C)C)[C]2=O. The standard InChI is InChI=1S/C42H52N5O5.C10H13NO3.In/c1-8-46-36-17-16-30-23-32(36)33(39(46)31-14-10-18-43-38(31)27(4)51-7)24-42(5,6)25-52-41(50)34-15-11-19-47(45-34)40(49)35(44-37(48)20-26(2)3)22-28-12-9-13-29(30)21-28;1-3-9(13)11-6-4-10(8-12,14-2)5-7-11;/h9-10,12-14,16-18,20-21,23,26-27,34-35,45H,8,11,15,19,22,24-25H2,1-7H3,(H,44,48);3H,1-2,4-7H2;/t27-,34-,35-;;/m0../s1. The molecule has 15 heteroatoms. The molecule has 0 unspecified atom stereocenters. The Balaban J connectivity index is 1.17. The summed E-state index contributed by atoms with van der Waals surface area (Å²) in [7, 11) is 1.69. The number of nitrogens with zero attached hydrogens (tertiary/aromatic N) is 4. The van der Waals surface area contributed by atoms with E-state index in [-0.39, 0.29) is 50.7 Å². The van der Waals surface area contributed by atoms with Crippen LogP contribution in [0.25, 0.3) is 33.3 Å². The van der Waals surface area contributed by atoms with E-state index in [1.54, 1.807) is 18.2 Å². The van der Waals surface area contributed by atoms with Crippen LogP contribution in [0.5, 0.6) is 0 Å². The predicted octanol–water partition coefficient (Wildman–Crippen LogP) is 6.49. The predicted molar refractivity (Wildman–Crippen MR) is 258 cm³/mol. The zero-order valence-electron chi connectivity index (χ0n) is 40.1. The molecule has 354 valence electrons. The third-order valence-corrected chi connectivity index (χ3v) is 24.9. The van der Waals surface area contributed by atoms with Crippen LogP contribution >= 0.6 is 0 Å². The van der Waals surface area contributed by atoms with E-state index in [0.717, 1.165) is 50.1 Å². The summed E-state index contributed by atoms with van der Waals surface area (Å²) >= 11 is -3.50. The molecule has 6 bridgehead atoms. The first-order valence-electron chi connectivity index (χ1n) is 23.9. The van der Waals surface area contributed by atoms with Gasteiger partial charge in [0.15, 0.2) is 0 Å². The zero-order valence-corrected chi connectivity index (χ0v) is 43.4. The third-order valence-electron chi connectivity index (χ3n) is 14.5. The number of piperidine rings is 1. The van der Waals surface area contributed by atoms with Crippen molar-refractivity contribution in [3.8, 4) is 22.4 Å². The number of methoxy groups -OCH3 is 1. The van der Waals surface area contributed by atoms with Crippen LogP contribution < -0.4 is 10.7 Å². The topological polar surface area (TPSA) is 161 Å². The summed E-state index contributed by atoms with van der Waals surface area (Å²) < 4.78 is 20.5. The first-order valence-corrected chi connectivity index (χ1v) is 29.8. The molecule has 4 atom stereocenters. The second kappa shape index (κ2) is 20.0. The van der Waals surface area contributed by atoms with Crippen LogP contribution in [0.3, 0.4) is 0 Å². The average molecular weight is 1020 g/mol. The number of pyridine rings is 1. The second-order valence-electron chi connectivity index (χ2n) is 19.9. The fourth-order valence-electron chi connectivity index (χ4n) is 10.8. The monoisotopic (exact) mass is 1020 g/mol. The summed E-state index contributed by atoms with van der Waals surface area (Å²) in [6.07, 6.45) is 5.43. The Hall–Kier alpha value is -4.83. The van der Waals surface area contributed by atoms with Gasteiger partial charge in [-0.25, -0.2) is 0 Å². The van der Waals surface area contributed by atoms with E-state index < -0.39 is 54.2 Å². The third kappa shape index (κ3) is 9.75. The van der Waals surface area contributed by atoms with Crippen LogP contribution in [0.2, 0.25) is 3.67 Å². The van der Waals surface area contributed by atoms with E-state index in [0.29, 0.717) is 58.3 Å². The Labute approximate surface area is 401 Å². The number of cyclic esters (lactones) is 1. The molecule has 14 nitrogen and oxygen atoms in total. The van der Waals surface area contributed by atoms with Gasteiger partial charge in [0.25, 0.3) is 0 Å². The number of benzene rings is 2. The maximum atomic E-state index is 14.8. The van der Waals surface area contributed by atoms with Gasteiger partial charge in [0.1, 0.15) is 0 Å². The van der Waals surface area contributed by atoms with Crippen molar-refractivity contribution in [2.45, 2.75) is 114 Å². The van der Waals surface area contributed by atoms with Gasteiger partial charge in [-0.15, -0.1) is 0 Å². The molecule has 2 N–H and O–H groups in total. The molecule has 8 rings (SSSR count). The Kier molecular flexibility index (Phi) is 14.5. The molecule has 2 aromatic heterocycles. The summed E-state index contributed by atoms with van der Waals surface area (Å²) in [6.45, 7) is 17.9. The number of nitrogens with one attached hydrogen (secondary N) is 2. The molecule has 1 spiro atoms. The van der Waals surface area contributed by atoms with Crippen molar-refractivity contribution in [2.24, 2.45) is 11.3 Å². The number of carbonyl (C=O) groups excluding carboxylic acids is 5. The van der Waals surface area contributed by atoms with Crippen molar-refractivity contribution >= 4 is 59.6 Å². The summed E-state index contributed by atoms with van der Waals surface area (Å²) in [5, 5.41) is 5.72. The number of ether oxygens (including phenoxy) is 3. The number of carbonyl (C=O) groups is 5. The molecule has 0 aliphatic carbocycles. The normalized spacial score (nSPS) is 21.9. The molecule has 67 heavy (non-hydrogen) atoms. The summed E-state index contributed by atoms with van der Waals surface area (Å²) in [6, 6.07) is 16.9. The number of likely N-dealkylation sites (tertiary alicyclic amines) is 1. The van der Waals surface area contributed by atoms with Crippen molar-refractivity contribution in [2.75, 3.05) is 37.7 Å². The van der Waals surface area contributed by atoms with Gasteiger partial charge >= 0.3 is 300 Å². The van der Waals surface area contributed by atoms with Gasteiger partial charge in [0.2, 0.25) is 0 Å².